The number of fused-ring (bicyclic) bond motifs is 1. The van der Waals surface area contributed by atoms with Gasteiger partial charge in [0, 0.05) is 0 Å². The lowest BCUT2D eigenvalue weighted by Crippen LogP contribution is -1.96. The van der Waals surface area contributed by atoms with Gasteiger partial charge in [0.15, 0.2) is 0 Å². The third-order valence-corrected chi connectivity index (χ3v) is 3.11. The van der Waals surface area contributed by atoms with Gasteiger partial charge in [-0.3, -0.25) is 4.40 Å². The molecule has 0 unspecified atom stereocenters. The fourth-order valence-electron chi connectivity index (χ4n) is 1.76. The highest BCUT2D eigenvalue weighted by molar-refractivity contribution is 9.10. The van der Waals surface area contributed by atoms with Crippen LogP contribution in [0.5, 0.6) is 0 Å². The first-order chi connectivity index (χ1) is 7.84. The summed E-state index contributed by atoms with van der Waals surface area (Å²) in [5, 5.41) is 0. The van der Waals surface area contributed by atoms with E-state index in [0.29, 0.717) is 6.42 Å². The van der Waals surface area contributed by atoms with Gasteiger partial charge >= 0.3 is 0 Å². The van der Waals surface area contributed by atoms with Gasteiger partial charge in [0.25, 0.3) is 0 Å². The molecule has 0 fully saturated rings. The molecule has 0 saturated heterocycles. The van der Waals surface area contributed by atoms with Gasteiger partial charge in [0.1, 0.15) is 11.6 Å². The largest absolute Gasteiger partial charge is 0.469 e. The highest BCUT2D eigenvalue weighted by atomic mass is 79.9. The summed E-state index contributed by atoms with van der Waals surface area (Å²) in [6, 6.07) is 9.87. The van der Waals surface area contributed by atoms with Crippen molar-refractivity contribution in [1.29, 1.82) is 0 Å². The van der Waals surface area contributed by atoms with Crippen molar-refractivity contribution in [3.63, 3.8) is 0 Å². The summed E-state index contributed by atoms with van der Waals surface area (Å²) in [5.74, 6) is 1.89. The highest BCUT2D eigenvalue weighted by Crippen LogP contribution is 2.18. The SMILES string of the molecule is Brc1cccc2cnc(Cc3ccco3)n12. The van der Waals surface area contributed by atoms with E-state index in [1.165, 1.54) is 0 Å². The van der Waals surface area contributed by atoms with Gasteiger partial charge in [-0.05, 0) is 40.2 Å². The van der Waals surface area contributed by atoms with Gasteiger partial charge in [-0.15, -0.1) is 0 Å². The van der Waals surface area contributed by atoms with Crippen LogP contribution in [0.3, 0.4) is 0 Å². The van der Waals surface area contributed by atoms with E-state index in [-0.39, 0.29) is 0 Å². The van der Waals surface area contributed by atoms with Gasteiger partial charge in [0.05, 0.1) is 29.0 Å². The fraction of sp³-hybridized carbons (Fsp3) is 0.0833. The summed E-state index contributed by atoms with van der Waals surface area (Å²) in [7, 11) is 0. The molecule has 0 aromatic carbocycles. The number of aromatic nitrogens is 2. The molecule has 3 aromatic rings. The number of halogens is 1. The van der Waals surface area contributed by atoms with E-state index in [1.807, 2.05) is 36.5 Å². The lowest BCUT2D eigenvalue weighted by Gasteiger charge is -2.01. The lowest BCUT2D eigenvalue weighted by molar-refractivity contribution is 0.516. The van der Waals surface area contributed by atoms with E-state index in [4.69, 9.17) is 4.42 Å². The van der Waals surface area contributed by atoms with Crippen LogP contribution in [0.4, 0.5) is 0 Å². The van der Waals surface area contributed by atoms with E-state index < -0.39 is 0 Å². The maximum atomic E-state index is 5.33. The van der Waals surface area contributed by atoms with Crippen LogP contribution in [-0.4, -0.2) is 9.38 Å². The average Bonchev–Trinajstić information content (AvgIpc) is 2.90. The predicted octanol–water partition coefficient (Wildman–Crippen LogP) is 3.28. The number of nitrogens with zero attached hydrogens (tertiary/aromatic N) is 2. The third-order valence-electron chi connectivity index (χ3n) is 2.49. The molecule has 0 saturated carbocycles. The first-order valence-electron chi connectivity index (χ1n) is 4.98. The smallest absolute Gasteiger partial charge is 0.121 e. The molecule has 0 spiro atoms. The highest BCUT2D eigenvalue weighted by Gasteiger charge is 2.08. The molecule has 3 heterocycles. The van der Waals surface area contributed by atoms with Gasteiger partial charge in [-0.2, -0.15) is 0 Å². The average molecular weight is 277 g/mol. The minimum atomic E-state index is 0.698. The van der Waals surface area contributed by atoms with E-state index in [9.17, 15) is 0 Å². The summed E-state index contributed by atoms with van der Waals surface area (Å²) in [6.45, 7) is 0. The van der Waals surface area contributed by atoms with E-state index in [2.05, 4.69) is 25.3 Å². The number of rotatable bonds is 2. The van der Waals surface area contributed by atoms with Crippen molar-refractivity contribution in [2.45, 2.75) is 6.42 Å². The van der Waals surface area contributed by atoms with E-state index in [1.54, 1.807) is 6.26 Å². The zero-order valence-electron chi connectivity index (χ0n) is 8.43. The molecule has 0 atom stereocenters. The molecule has 0 aliphatic rings. The van der Waals surface area contributed by atoms with Gasteiger partial charge < -0.3 is 4.42 Å². The van der Waals surface area contributed by atoms with Crippen LogP contribution in [0.2, 0.25) is 0 Å². The van der Waals surface area contributed by atoms with Crippen LogP contribution in [0, 0.1) is 0 Å². The quantitative estimate of drug-likeness (QED) is 0.673. The summed E-state index contributed by atoms with van der Waals surface area (Å²) in [5.41, 5.74) is 1.08. The zero-order chi connectivity index (χ0) is 11.0. The molecule has 3 aromatic heterocycles. The molecule has 4 heteroatoms. The second-order valence-corrected chi connectivity index (χ2v) is 4.35. The number of pyridine rings is 1. The summed E-state index contributed by atoms with van der Waals surface area (Å²) in [4.78, 5) is 4.40. The van der Waals surface area contributed by atoms with Gasteiger partial charge in [0.2, 0.25) is 0 Å². The van der Waals surface area contributed by atoms with Crippen LogP contribution >= 0.6 is 15.9 Å². The minimum absolute atomic E-state index is 0.698. The van der Waals surface area contributed by atoms with Crippen LogP contribution < -0.4 is 0 Å². The summed E-state index contributed by atoms with van der Waals surface area (Å²) < 4.78 is 8.40. The van der Waals surface area contributed by atoms with Crippen LogP contribution in [-0.2, 0) is 6.42 Å². The predicted molar refractivity (Wildman–Crippen MR) is 64.4 cm³/mol. The standard InChI is InChI=1S/C12H9BrN2O/c13-11-5-1-3-9-8-14-12(15(9)11)7-10-4-2-6-16-10/h1-6,8H,7H2. The molecule has 0 amide bonds. The Kier molecular flexibility index (Phi) is 2.29. The van der Waals surface area contributed by atoms with Crippen molar-refractivity contribution in [2.75, 3.05) is 0 Å². The monoisotopic (exact) mass is 276 g/mol. The van der Waals surface area contributed by atoms with Crippen LogP contribution in [0.25, 0.3) is 5.52 Å². The first-order valence-corrected chi connectivity index (χ1v) is 5.77. The normalized spacial score (nSPS) is 11.1. The Morgan fingerprint density at radius 2 is 2.19 bits per heavy atom. The molecule has 0 aliphatic carbocycles. The summed E-state index contributed by atoms with van der Waals surface area (Å²) >= 11 is 3.52. The fourth-order valence-corrected chi connectivity index (χ4v) is 2.33. The molecule has 0 radical (unpaired) electrons. The second-order valence-electron chi connectivity index (χ2n) is 3.54. The second kappa shape index (κ2) is 3.79. The Balaban J connectivity index is 2.10. The van der Waals surface area contributed by atoms with Crippen molar-refractivity contribution in [2.24, 2.45) is 0 Å². The van der Waals surface area contributed by atoms with Crippen molar-refractivity contribution in [3.05, 3.63) is 59.0 Å². The Morgan fingerprint density at radius 1 is 1.25 bits per heavy atom. The number of furan rings is 1. The molecule has 0 bridgehead atoms. The Bertz CT molecular complexity index is 613. The van der Waals surface area contributed by atoms with Crippen molar-refractivity contribution in [3.8, 4) is 0 Å². The Hall–Kier alpha value is -1.55. The van der Waals surface area contributed by atoms with Crippen LogP contribution in [0.1, 0.15) is 11.6 Å². The molecule has 3 nitrogen and oxygen atoms in total. The number of hydrogen-bond acceptors (Lipinski definition) is 2. The van der Waals surface area contributed by atoms with E-state index in [0.717, 1.165) is 21.7 Å². The lowest BCUT2D eigenvalue weighted by atomic mass is 10.3. The third kappa shape index (κ3) is 1.55. The van der Waals surface area contributed by atoms with Crippen molar-refractivity contribution in [1.82, 2.24) is 9.38 Å². The van der Waals surface area contributed by atoms with Crippen molar-refractivity contribution >= 4 is 21.4 Å². The molecule has 0 aliphatic heterocycles. The minimum Gasteiger partial charge on any atom is -0.469 e. The molecular formula is C12H9BrN2O. The van der Waals surface area contributed by atoms with Crippen molar-refractivity contribution < 1.29 is 4.42 Å². The first kappa shape index (κ1) is 9.66. The molecule has 3 rings (SSSR count). The maximum absolute atomic E-state index is 5.33. The Morgan fingerprint density at radius 3 is 3.00 bits per heavy atom. The number of imidazole rings is 1. The van der Waals surface area contributed by atoms with Gasteiger partial charge in [-0.1, -0.05) is 6.07 Å². The zero-order valence-corrected chi connectivity index (χ0v) is 10.0. The summed E-state index contributed by atoms with van der Waals surface area (Å²) in [6.07, 6.45) is 4.24. The van der Waals surface area contributed by atoms with Gasteiger partial charge in [-0.25, -0.2) is 4.98 Å². The molecule has 0 N–H and O–H groups in total. The molecule has 16 heavy (non-hydrogen) atoms. The Labute approximate surface area is 101 Å². The topological polar surface area (TPSA) is 30.4 Å². The van der Waals surface area contributed by atoms with Crippen LogP contribution in [0.15, 0.2) is 51.8 Å². The molecule has 80 valence electrons. The number of hydrogen-bond donors (Lipinski definition) is 0. The molecular weight excluding hydrogens is 268 g/mol. The van der Waals surface area contributed by atoms with E-state index >= 15 is 0 Å². The maximum Gasteiger partial charge on any atom is 0.121 e.